The third-order valence-corrected chi connectivity index (χ3v) is 6.69. The van der Waals surface area contributed by atoms with Crippen molar-refractivity contribution in [2.24, 2.45) is 11.8 Å². The number of piperazine rings is 1. The summed E-state index contributed by atoms with van der Waals surface area (Å²) < 4.78 is 0. The van der Waals surface area contributed by atoms with Gasteiger partial charge in [-0.05, 0) is 50.7 Å². The van der Waals surface area contributed by atoms with Crippen LogP contribution < -0.4 is 5.32 Å². The molecule has 2 unspecified atom stereocenters. The fourth-order valence-electron chi connectivity index (χ4n) is 4.47. The minimum atomic E-state index is 0.445. The smallest absolute Gasteiger partial charge is 0.0335 e. The molecule has 0 bridgehead atoms. The van der Waals surface area contributed by atoms with Crippen molar-refractivity contribution in [2.45, 2.75) is 63.5 Å². The molecule has 1 heterocycles. The summed E-state index contributed by atoms with van der Waals surface area (Å²) in [7, 11) is 0. The standard InChI is InChI=1S/C17H32N2S/c1-17(15-8-9-15)13-18-16(12-19(17)10-11-20-2)14-6-4-3-5-7-14/h14-16,18H,3-13H2,1-2H3. The third-order valence-electron chi connectivity index (χ3n) is 6.10. The van der Waals surface area contributed by atoms with Crippen LogP contribution in [0.5, 0.6) is 0 Å². The van der Waals surface area contributed by atoms with Gasteiger partial charge < -0.3 is 5.32 Å². The lowest BCUT2D eigenvalue weighted by atomic mass is 9.80. The van der Waals surface area contributed by atoms with Crippen LogP contribution in [-0.4, -0.2) is 48.1 Å². The van der Waals surface area contributed by atoms with Crippen LogP contribution in [-0.2, 0) is 0 Å². The minimum Gasteiger partial charge on any atom is -0.311 e. The average Bonchev–Trinajstić information content (AvgIpc) is 3.32. The molecule has 20 heavy (non-hydrogen) atoms. The normalized spacial score (nSPS) is 37.2. The zero-order valence-corrected chi connectivity index (χ0v) is 14.2. The first-order valence-electron chi connectivity index (χ1n) is 8.71. The zero-order valence-electron chi connectivity index (χ0n) is 13.4. The lowest BCUT2D eigenvalue weighted by Crippen LogP contribution is -2.66. The Labute approximate surface area is 129 Å². The lowest BCUT2D eigenvalue weighted by molar-refractivity contribution is 0.0227. The van der Waals surface area contributed by atoms with Crippen LogP contribution in [0.2, 0.25) is 0 Å². The largest absolute Gasteiger partial charge is 0.311 e. The Balaban J connectivity index is 1.63. The van der Waals surface area contributed by atoms with Crippen molar-refractivity contribution in [3.05, 3.63) is 0 Å². The zero-order chi connectivity index (χ0) is 14.0. The topological polar surface area (TPSA) is 15.3 Å². The van der Waals surface area contributed by atoms with Crippen LogP contribution in [0.4, 0.5) is 0 Å². The van der Waals surface area contributed by atoms with Gasteiger partial charge in [0.05, 0.1) is 0 Å². The number of hydrogen-bond donors (Lipinski definition) is 1. The summed E-state index contributed by atoms with van der Waals surface area (Å²) in [6.45, 7) is 6.35. The van der Waals surface area contributed by atoms with Crippen molar-refractivity contribution >= 4 is 11.8 Å². The van der Waals surface area contributed by atoms with Crippen LogP contribution >= 0.6 is 11.8 Å². The number of nitrogens with zero attached hydrogens (tertiary/aromatic N) is 1. The van der Waals surface area contributed by atoms with E-state index in [4.69, 9.17) is 0 Å². The Hall–Kier alpha value is 0.270. The van der Waals surface area contributed by atoms with Gasteiger partial charge in [-0.15, -0.1) is 0 Å². The van der Waals surface area contributed by atoms with E-state index in [1.165, 1.54) is 70.3 Å². The van der Waals surface area contributed by atoms with Gasteiger partial charge in [0.2, 0.25) is 0 Å². The Kier molecular flexibility index (Phi) is 4.99. The molecule has 3 aliphatic rings. The maximum atomic E-state index is 3.96. The van der Waals surface area contributed by atoms with E-state index >= 15 is 0 Å². The molecule has 2 atom stereocenters. The van der Waals surface area contributed by atoms with Gasteiger partial charge in [0.15, 0.2) is 0 Å². The summed E-state index contributed by atoms with van der Waals surface area (Å²) in [5, 5.41) is 3.96. The van der Waals surface area contributed by atoms with Crippen LogP contribution in [0.15, 0.2) is 0 Å². The fourth-order valence-corrected chi connectivity index (χ4v) is 4.87. The summed E-state index contributed by atoms with van der Waals surface area (Å²) in [5.74, 6) is 3.20. The Morgan fingerprint density at radius 2 is 1.90 bits per heavy atom. The molecule has 1 saturated heterocycles. The maximum Gasteiger partial charge on any atom is 0.0335 e. The summed E-state index contributed by atoms with van der Waals surface area (Å²) in [6, 6.07) is 0.768. The van der Waals surface area contributed by atoms with Gasteiger partial charge in [-0.1, -0.05) is 19.3 Å². The van der Waals surface area contributed by atoms with Crippen LogP contribution in [0.25, 0.3) is 0 Å². The molecule has 2 nitrogen and oxygen atoms in total. The van der Waals surface area contributed by atoms with E-state index in [0.717, 1.165) is 17.9 Å². The van der Waals surface area contributed by atoms with E-state index in [2.05, 4.69) is 23.4 Å². The Morgan fingerprint density at radius 3 is 2.55 bits per heavy atom. The van der Waals surface area contributed by atoms with E-state index in [1.54, 1.807) is 0 Å². The quantitative estimate of drug-likeness (QED) is 0.837. The highest BCUT2D eigenvalue weighted by Gasteiger charge is 2.48. The fraction of sp³-hybridized carbons (Fsp3) is 1.00. The molecular weight excluding hydrogens is 264 g/mol. The second-order valence-corrected chi connectivity index (χ2v) is 8.44. The molecule has 1 aliphatic heterocycles. The van der Waals surface area contributed by atoms with Gasteiger partial charge in [-0.2, -0.15) is 11.8 Å². The Bertz CT molecular complexity index is 312. The van der Waals surface area contributed by atoms with E-state index in [-0.39, 0.29) is 0 Å². The highest BCUT2D eigenvalue weighted by atomic mass is 32.2. The van der Waals surface area contributed by atoms with Crippen molar-refractivity contribution in [3.63, 3.8) is 0 Å². The second-order valence-electron chi connectivity index (χ2n) is 7.46. The van der Waals surface area contributed by atoms with Gasteiger partial charge in [-0.3, -0.25) is 4.90 Å². The van der Waals surface area contributed by atoms with Crippen molar-refractivity contribution in [2.75, 3.05) is 31.6 Å². The number of thioether (sulfide) groups is 1. The second kappa shape index (κ2) is 6.58. The average molecular weight is 297 g/mol. The minimum absolute atomic E-state index is 0.445. The highest BCUT2D eigenvalue weighted by Crippen LogP contribution is 2.44. The van der Waals surface area contributed by atoms with E-state index < -0.39 is 0 Å². The predicted octanol–water partition coefficient (Wildman–Crippen LogP) is 3.37. The van der Waals surface area contributed by atoms with Crippen LogP contribution in [0.3, 0.4) is 0 Å². The maximum absolute atomic E-state index is 3.96. The van der Waals surface area contributed by atoms with Crippen molar-refractivity contribution in [1.82, 2.24) is 10.2 Å². The third kappa shape index (κ3) is 3.20. The van der Waals surface area contributed by atoms with Crippen molar-refractivity contribution in [3.8, 4) is 0 Å². The monoisotopic (exact) mass is 296 g/mol. The first-order valence-corrected chi connectivity index (χ1v) is 10.1. The SMILES string of the molecule is CSCCN1CC(C2CCCCC2)NCC1(C)C1CC1. The summed E-state index contributed by atoms with van der Waals surface area (Å²) >= 11 is 2.00. The molecule has 0 aromatic carbocycles. The molecule has 0 radical (unpaired) electrons. The van der Waals surface area contributed by atoms with Crippen molar-refractivity contribution in [1.29, 1.82) is 0 Å². The van der Waals surface area contributed by atoms with Crippen LogP contribution in [0, 0.1) is 11.8 Å². The van der Waals surface area contributed by atoms with Gasteiger partial charge in [0.25, 0.3) is 0 Å². The van der Waals surface area contributed by atoms with Gasteiger partial charge in [-0.25, -0.2) is 0 Å². The summed E-state index contributed by atoms with van der Waals surface area (Å²) in [6.07, 6.45) is 12.5. The van der Waals surface area contributed by atoms with E-state index in [1.807, 2.05) is 11.8 Å². The van der Waals surface area contributed by atoms with Crippen molar-refractivity contribution < 1.29 is 0 Å². The number of nitrogens with one attached hydrogen (secondary N) is 1. The number of hydrogen-bond acceptors (Lipinski definition) is 3. The molecule has 116 valence electrons. The molecule has 1 N–H and O–H groups in total. The molecule has 0 aromatic rings. The molecule has 3 rings (SSSR count). The molecule has 0 spiro atoms. The van der Waals surface area contributed by atoms with Crippen LogP contribution in [0.1, 0.15) is 51.9 Å². The highest BCUT2D eigenvalue weighted by molar-refractivity contribution is 7.98. The molecule has 2 aliphatic carbocycles. The first kappa shape index (κ1) is 15.2. The molecule has 3 heteroatoms. The molecule has 0 amide bonds. The molecule has 0 aromatic heterocycles. The predicted molar refractivity (Wildman–Crippen MR) is 89.4 cm³/mol. The van der Waals surface area contributed by atoms with Gasteiger partial charge >= 0.3 is 0 Å². The summed E-state index contributed by atoms with van der Waals surface area (Å²) in [4.78, 5) is 2.86. The molecule has 2 saturated carbocycles. The van der Waals surface area contributed by atoms with E-state index in [0.29, 0.717) is 5.54 Å². The first-order chi connectivity index (χ1) is 9.74. The molecular formula is C17H32N2S. The summed E-state index contributed by atoms with van der Waals surface area (Å²) in [5.41, 5.74) is 0.445. The van der Waals surface area contributed by atoms with Gasteiger partial charge in [0.1, 0.15) is 0 Å². The molecule has 3 fully saturated rings. The number of rotatable bonds is 5. The lowest BCUT2D eigenvalue weighted by Gasteiger charge is -2.50. The van der Waals surface area contributed by atoms with Gasteiger partial charge in [0, 0.05) is 37.0 Å². The Morgan fingerprint density at radius 1 is 1.15 bits per heavy atom. The van der Waals surface area contributed by atoms with E-state index in [9.17, 15) is 0 Å².